The Hall–Kier alpha value is -8.55. The number of hydrogen-bond acceptors (Lipinski definition) is 16. The first-order valence-electron chi connectivity index (χ1n) is 26.6. The first-order chi connectivity index (χ1) is 38.7. The van der Waals surface area contributed by atoms with Gasteiger partial charge in [0.25, 0.3) is 11.8 Å². The summed E-state index contributed by atoms with van der Waals surface area (Å²) in [5.41, 5.74) is 20.3. The summed E-state index contributed by atoms with van der Waals surface area (Å²) in [6, 6.07) is 23.1. The molecule has 1 unspecified atom stereocenters. The number of nitrogens with two attached hydrogens (primary N) is 2. The molecule has 8 N–H and O–H groups in total. The highest BCUT2D eigenvalue weighted by Crippen LogP contribution is 2.24. The van der Waals surface area contributed by atoms with Crippen molar-refractivity contribution in [1.82, 2.24) is 50.9 Å². The van der Waals surface area contributed by atoms with Crippen molar-refractivity contribution >= 4 is 53.7 Å². The summed E-state index contributed by atoms with van der Waals surface area (Å²) in [6.45, 7) is 8.99. The van der Waals surface area contributed by atoms with Gasteiger partial charge in [-0.2, -0.15) is 0 Å². The van der Waals surface area contributed by atoms with Crippen molar-refractivity contribution in [3.63, 3.8) is 0 Å². The van der Waals surface area contributed by atoms with Gasteiger partial charge in [0.15, 0.2) is 0 Å². The number of allylic oxidation sites excluding steroid dienone is 2. The molecule has 81 heavy (non-hydrogen) atoms. The van der Waals surface area contributed by atoms with Gasteiger partial charge in [-0.15, -0.1) is 0 Å². The molecule has 0 radical (unpaired) electrons. The zero-order valence-corrected chi connectivity index (χ0v) is 47.5. The maximum absolute atomic E-state index is 15.0. The number of nitrogens with zero attached hydrogens (tertiary/aromatic N) is 7. The molecule has 25 nitrogen and oxygen atoms in total. The van der Waals surface area contributed by atoms with Crippen LogP contribution in [0.1, 0.15) is 90.2 Å². The number of amides is 9. The number of hydrogen-bond donors (Lipinski definition) is 6. The second-order valence-electron chi connectivity index (χ2n) is 18.2. The molecule has 0 fully saturated rings. The molecule has 3 rings (SSSR count). The van der Waals surface area contributed by atoms with Crippen LogP contribution in [-0.4, -0.2) is 185 Å². The van der Waals surface area contributed by atoms with Crippen LogP contribution in [0.3, 0.4) is 0 Å². The molecule has 3 aromatic rings. The van der Waals surface area contributed by atoms with Gasteiger partial charge in [-0.05, 0) is 72.1 Å². The number of nitrogens with one attached hydrogen (secondary N) is 3. The van der Waals surface area contributed by atoms with Crippen LogP contribution in [0.15, 0.2) is 115 Å². The van der Waals surface area contributed by atoms with E-state index in [0.29, 0.717) is 39.8 Å². The fraction of sp³-hybridized carbons (Fsp3) is 0.446. The smallest absolute Gasteiger partial charge is 0.426 e. The summed E-state index contributed by atoms with van der Waals surface area (Å²) in [5, 5.41) is 14.1. The molecule has 3 aromatic carbocycles. The second kappa shape index (κ2) is 35.1. The van der Waals surface area contributed by atoms with E-state index >= 15 is 0 Å². The van der Waals surface area contributed by atoms with Crippen LogP contribution >= 0.6 is 0 Å². The number of aliphatic hydroxyl groups excluding tert-OH is 1. The van der Waals surface area contributed by atoms with E-state index in [1.165, 1.54) is 19.9 Å². The number of carbonyl (C=O) groups excluding carboxylic acids is 9. The van der Waals surface area contributed by atoms with E-state index in [0.717, 1.165) is 19.7 Å². The monoisotopic (exact) mass is 1130 g/mol. The highest BCUT2D eigenvalue weighted by atomic mass is 16.6. The zero-order valence-electron chi connectivity index (χ0n) is 47.5. The van der Waals surface area contributed by atoms with Gasteiger partial charge >= 0.3 is 18.3 Å². The van der Waals surface area contributed by atoms with Gasteiger partial charge in [0.1, 0.15) is 38.8 Å². The number of ether oxygens (including phenoxy) is 3. The molecule has 0 aromatic heterocycles. The SMILES string of the molecule is CC=C(C(O)CN(C/C=C/C)CCN)N(CC(=O)N(CC(=O)N(CC(=O)N(CC(=O)N(CC(=O)N(CC(N)=O)[C@H](C)c1ccccc1)NC(=O)OCC)[C@H](C)c1ccccc1)NC(=O)OCC)[C@H](C)c1ccccc1)NC(=O)OCC. The Kier molecular flexibility index (Phi) is 29.0. The van der Waals surface area contributed by atoms with E-state index in [4.69, 9.17) is 25.7 Å². The number of carbonyl (C=O) groups is 9. The normalized spacial score (nSPS) is 12.7. The number of benzene rings is 3. The Labute approximate surface area is 473 Å². The Morgan fingerprint density at radius 1 is 0.531 bits per heavy atom. The average Bonchev–Trinajstić information content (AvgIpc) is 3.44. The summed E-state index contributed by atoms with van der Waals surface area (Å²) in [7, 11) is 0. The minimum Gasteiger partial charge on any atom is -0.449 e. The van der Waals surface area contributed by atoms with Gasteiger partial charge in [0, 0.05) is 26.2 Å². The quantitative estimate of drug-likeness (QED) is 0.0317. The summed E-state index contributed by atoms with van der Waals surface area (Å²) in [4.78, 5) is 130. The number of aliphatic hydroxyl groups is 1. The molecule has 25 heteroatoms. The van der Waals surface area contributed by atoms with Crippen molar-refractivity contribution < 1.29 is 62.5 Å². The van der Waals surface area contributed by atoms with Crippen LogP contribution < -0.4 is 27.7 Å². The zero-order chi connectivity index (χ0) is 60.0. The van der Waals surface area contributed by atoms with Crippen molar-refractivity contribution in [2.24, 2.45) is 11.5 Å². The second-order valence-corrected chi connectivity index (χ2v) is 18.2. The Morgan fingerprint density at radius 3 is 1.20 bits per heavy atom. The van der Waals surface area contributed by atoms with Crippen molar-refractivity contribution in [3.8, 4) is 0 Å². The van der Waals surface area contributed by atoms with Gasteiger partial charge in [0.2, 0.25) is 23.6 Å². The lowest BCUT2D eigenvalue weighted by Crippen LogP contribution is -2.58. The number of rotatable bonds is 30. The van der Waals surface area contributed by atoms with Crippen LogP contribution in [0.5, 0.6) is 0 Å². The number of hydrazine groups is 3. The van der Waals surface area contributed by atoms with Gasteiger partial charge in [-0.1, -0.05) is 109 Å². The van der Waals surface area contributed by atoms with Gasteiger partial charge in [-0.25, -0.2) is 40.7 Å². The van der Waals surface area contributed by atoms with E-state index in [9.17, 15) is 48.3 Å². The highest BCUT2D eigenvalue weighted by Gasteiger charge is 2.36. The van der Waals surface area contributed by atoms with Gasteiger partial charge < -0.3 is 45.5 Å². The molecule has 0 heterocycles. The van der Waals surface area contributed by atoms with E-state index in [2.05, 4.69) is 16.3 Å². The molecule has 0 aliphatic heterocycles. The summed E-state index contributed by atoms with van der Waals surface area (Å²) in [6.07, 6.45) is 0.707. The molecular weight excluding hydrogens is 1050 g/mol. The summed E-state index contributed by atoms with van der Waals surface area (Å²) >= 11 is 0. The van der Waals surface area contributed by atoms with Gasteiger partial charge in [-0.3, -0.25) is 38.7 Å². The minimum atomic E-state index is -1.29. The van der Waals surface area contributed by atoms with Crippen LogP contribution in [0.2, 0.25) is 0 Å². The predicted molar refractivity (Wildman–Crippen MR) is 300 cm³/mol. The molecule has 0 aliphatic carbocycles. The van der Waals surface area contributed by atoms with Crippen LogP contribution in [0.25, 0.3) is 0 Å². The van der Waals surface area contributed by atoms with Crippen LogP contribution in [0.4, 0.5) is 14.4 Å². The molecule has 9 amide bonds. The summed E-state index contributed by atoms with van der Waals surface area (Å²) in [5.74, 6) is -5.47. The van der Waals surface area contributed by atoms with E-state index in [1.807, 2.05) is 24.0 Å². The first kappa shape index (κ1) is 66.7. The standard InChI is InChI=1S/C56H80N12O13/c1-9-14-31-62(32-30-57)33-47(69)46(10-2)66(59-54(76)79-11-3)37-49(71)64(41(7)44-26-20-16-21-27-44)35-52(74)68(61-56(78)81-13-5)39-51(73)65(42(8)45-28-22-17-23-29-45)36-53(75)67(60-55(77)80-12-4)38-50(72)63(34-48(58)70)40(6)43-24-18-15-19-25-43/h9-10,14-29,40-42,47,69H,11-13,30-39,57H2,1-8H3,(H2,58,70)(H,59,76)(H,60,77)(H,61,78)/b14-9+,46-10?/t40-,41-,42-,47?/m1/s1. The third-order valence-corrected chi connectivity index (χ3v) is 12.6. The Bertz CT molecular complexity index is 2580. The number of primary amides is 1. The Morgan fingerprint density at radius 2 is 0.877 bits per heavy atom. The minimum absolute atomic E-state index is 0.0352. The van der Waals surface area contributed by atoms with E-state index in [-0.39, 0.29) is 38.6 Å². The molecule has 0 bridgehead atoms. The van der Waals surface area contributed by atoms with Crippen molar-refractivity contribution in [2.75, 3.05) is 85.3 Å². The molecule has 0 spiro atoms. The van der Waals surface area contributed by atoms with Crippen molar-refractivity contribution in [1.29, 1.82) is 0 Å². The molecule has 0 aliphatic rings. The first-order valence-corrected chi connectivity index (χ1v) is 26.6. The van der Waals surface area contributed by atoms with Crippen molar-refractivity contribution in [3.05, 3.63) is 132 Å². The lowest BCUT2D eigenvalue weighted by Gasteiger charge is -2.36. The third-order valence-electron chi connectivity index (χ3n) is 12.6. The largest absolute Gasteiger partial charge is 0.449 e. The third kappa shape index (κ3) is 21.9. The fourth-order valence-corrected chi connectivity index (χ4v) is 8.32. The maximum Gasteiger partial charge on any atom is 0.426 e. The molecule has 0 saturated carbocycles. The topological polar surface area (TPSA) is 312 Å². The average molecular weight is 1130 g/mol. The van der Waals surface area contributed by atoms with Crippen LogP contribution in [0, 0.1) is 0 Å². The predicted octanol–water partition coefficient (Wildman–Crippen LogP) is 3.29. The molecule has 442 valence electrons. The molecule has 0 saturated heterocycles. The molecule has 4 atom stereocenters. The van der Waals surface area contributed by atoms with Crippen molar-refractivity contribution in [2.45, 2.75) is 79.6 Å². The summed E-state index contributed by atoms with van der Waals surface area (Å²) < 4.78 is 15.4. The van der Waals surface area contributed by atoms with E-state index < -0.39 is 117 Å². The van der Waals surface area contributed by atoms with E-state index in [1.54, 1.807) is 126 Å². The lowest BCUT2D eigenvalue weighted by atomic mass is 10.1. The highest BCUT2D eigenvalue weighted by molar-refractivity contribution is 5.93. The molecular formula is C56H80N12O13. The fourth-order valence-electron chi connectivity index (χ4n) is 8.32. The van der Waals surface area contributed by atoms with Gasteiger partial charge in [0.05, 0.1) is 50.2 Å². The maximum atomic E-state index is 15.0. The lowest BCUT2D eigenvalue weighted by molar-refractivity contribution is -0.151. The van der Waals surface area contributed by atoms with Crippen LogP contribution in [-0.2, 0) is 43.0 Å². The Balaban J connectivity index is 2.14.